The van der Waals surface area contributed by atoms with Gasteiger partial charge in [-0.15, -0.1) is 0 Å². The molecule has 1 rings (SSSR count). The Morgan fingerprint density at radius 3 is 2.18 bits per heavy atom. The van der Waals surface area contributed by atoms with Crippen LogP contribution in [0.3, 0.4) is 0 Å². The monoisotopic (exact) mass is 254 g/mol. The summed E-state index contributed by atoms with van der Waals surface area (Å²) in [5.41, 5.74) is 0.671. The largest absolute Gasteiger partial charge is 0.496 e. The zero-order valence-electron chi connectivity index (χ0n) is 10.7. The van der Waals surface area contributed by atoms with Gasteiger partial charge in [-0.25, -0.2) is 0 Å². The molecular formula is C13H19O3P. The first-order chi connectivity index (χ1) is 8.10. The predicted octanol–water partition coefficient (Wildman–Crippen LogP) is 3.18. The molecule has 0 heterocycles. The molecule has 0 radical (unpaired) electrons. The molecule has 0 bridgehead atoms. The first-order valence-corrected chi connectivity index (χ1v) is 6.80. The topological polar surface area (TPSA) is 35.5 Å². The molecule has 0 fully saturated rings. The zero-order valence-corrected chi connectivity index (χ0v) is 11.7. The van der Waals surface area contributed by atoms with Crippen LogP contribution in [-0.2, 0) is 0 Å². The van der Waals surface area contributed by atoms with Gasteiger partial charge in [0.15, 0.2) is 5.52 Å². The van der Waals surface area contributed by atoms with Crippen LogP contribution in [0, 0.1) is 5.92 Å². The lowest BCUT2D eigenvalue weighted by molar-refractivity contribution is 0.107. The lowest BCUT2D eigenvalue weighted by Crippen LogP contribution is -2.02. The van der Waals surface area contributed by atoms with E-state index >= 15 is 0 Å². The van der Waals surface area contributed by atoms with Crippen molar-refractivity contribution >= 4 is 14.1 Å². The molecule has 1 aromatic carbocycles. The van der Waals surface area contributed by atoms with Crippen molar-refractivity contribution in [1.29, 1.82) is 0 Å². The van der Waals surface area contributed by atoms with Crippen LogP contribution >= 0.6 is 8.58 Å². The van der Waals surface area contributed by atoms with E-state index < -0.39 is 0 Å². The minimum absolute atomic E-state index is 0.105. The number of ether oxygens (including phenoxy) is 2. The van der Waals surface area contributed by atoms with Gasteiger partial charge in [-0.2, -0.15) is 0 Å². The Kier molecular flexibility index (Phi) is 5.43. The summed E-state index contributed by atoms with van der Waals surface area (Å²) in [6.45, 7) is 4.22. The molecule has 4 heteroatoms. The Morgan fingerprint density at radius 2 is 1.76 bits per heavy atom. The Morgan fingerprint density at radius 1 is 1.24 bits per heavy atom. The second-order valence-corrected chi connectivity index (χ2v) is 5.36. The van der Waals surface area contributed by atoms with Crippen LogP contribution in [0.2, 0.25) is 0 Å². The van der Waals surface area contributed by atoms with E-state index in [1.54, 1.807) is 26.4 Å². The Hall–Kier alpha value is -1.08. The number of hydrogen-bond donors (Lipinski definition) is 0. The van der Waals surface area contributed by atoms with Gasteiger partial charge in [0.2, 0.25) is 0 Å². The fraction of sp³-hybridized carbons (Fsp3) is 0.462. The smallest absolute Gasteiger partial charge is 0.188 e. The molecule has 0 amide bonds. The SMILES string of the molecule is COc1cccc(OC)c1C(=O)PCC(C)C. The van der Waals surface area contributed by atoms with Gasteiger partial charge in [0.25, 0.3) is 0 Å². The van der Waals surface area contributed by atoms with Crippen molar-refractivity contribution < 1.29 is 14.3 Å². The third kappa shape index (κ3) is 3.71. The highest BCUT2D eigenvalue weighted by atomic mass is 31.1. The van der Waals surface area contributed by atoms with E-state index in [9.17, 15) is 4.79 Å². The van der Waals surface area contributed by atoms with Crippen LogP contribution in [0.1, 0.15) is 24.2 Å². The summed E-state index contributed by atoms with van der Waals surface area (Å²) < 4.78 is 10.4. The summed E-state index contributed by atoms with van der Waals surface area (Å²) >= 11 is 0. The summed E-state index contributed by atoms with van der Waals surface area (Å²) in [4.78, 5) is 12.2. The van der Waals surface area contributed by atoms with Gasteiger partial charge in [0.1, 0.15) is 17.1 Å². The van der Waals surface area contributed by atoms with E-state index in [0.29, 0.717) is 23.0 Å². The molecule has 1 unspecified atom stereocenters. The maximum Gasteiger partial charge on any atom is 0.188 e. The van der Waals surface area contributed by atoms with E-state index in [4.69, 9.17) is 9.47 Å². The molecule has 0 aromatic heterocycles. The van der Waals surface area contributed by atoms with Crippen molar-refractivity contribution in [2.24, 2.45) is 5.92 Å². The second-order valence-electron chi connectivity index (χ2n) is 4.14. The van der Waals surface area contributed by atoms with Gasteiger partial charge in [-0.05, 0) is 32.8 Å². The van der Waals surface area contributed by atoms with E-state index in [0.717, 1.165) is 6.16 Å². The second kappa shape index (κ2) is 6.61. The molecule has 1 aromatic rings. The summed E-state index contributed by atoms with van der Waals surface area (Å²) in [6.07, 6.45) is 0.903. The Balaban J connectivity index is 2.97. The van der Waals surface area contributed by atoms with Crippen LogP contribution in [-0.4, -0.2) is 25.9 Å². The van der Waals surface area contributed by atoms with Crippen molar-refractivity contribution in [2.75, 3.05) is 20.4 Å². The Bertz CT molecular complexity index is 366. The first kappa shape index (κ1) is 14.0. The molecule has 17 heavy (non-hydrogen) atoms. The standard InChI is InChI=1S/C13H19O3P/c1-9(2)8-17-13(14)12-10(15-3)6-5-7-11(12)16-4/h5-7,9,17H,8H2,1-4H3. The molecule has 3 nitrogen and oxygen atoms in total. The van der Waals surface area contributed by atoms with Gasteiger partial charge >= 0.3 is 0 Å². The summed E-state index contributed by atoms with van der Waals surface area (Å²) in [6, 6.07) is 5.39. The lowest BCUT2D eigenvalue weighted by atomic mass is 10.2. The summed E-state index contributed by atoms with van der Waals surface area (Å²) in [5.74, 6) is 1.70. The molecule has 94 valence electrons. The quantitative estimate of drug-likeness (QED) is 0.731. The number of hydrogen-bond acceptors (Lipinski definition) is 3. The summed E-state index contributed by atoms with van der Waals surface area (Å²) in [5, 5.41) is 0. The molecule has 0 aliphatic carbocycles. The van der Waals surface area contributed by atoms with Gasteiger partial charge in [0, 0.05) is 0 Å². The van der Waals surface area contributed by atoms with Crippen molar-refractivity contribution in [2.45, 2.75) is 13.8 Å². The number of carbonyl (C=O) groups is 1. The number of rotatable bonds is 6. The van der Waals surface area contributed by atoms with Crippen LogP contribution in [0.15, 0.2) is 18.2 Å². The maximum absolute atomic E-state index is 12.2. The van der Waals surface area contributed by atoms with E-state index in [1.165, 1.54) is 0 Å². The minimum Gasteiger partial charge on any atom is -0.496 e. The van der Waals surface area contributed by atoms with Gasteiger partial charge < -0.3 is 9.47 Å². The summed E-state index contributed by atoms with van der Waals surface area (Å²) in [7, 11) is 3.40. The van der Waals surface area contributed by atoms with Crippen LogP contribution < -0.4 is 9.47 Å². The first-order valence-electron chi connectivity index (χ1n) is 5.59. The van der Waals surface area contributed by atoms with Crippen molar-refractivity contribution in [1.82, 2.24) is 0 Å². The minimum atomic E-state index is 0.105. The highest BCUT2D eigenvalue weighted by Gasteiger charge is 2.17. The third-order valence-corrected chi connectivity index (χ3v) is 3.92. The number of carbonyl (C=O) groups excluding carboxylic acids is 1. The predicted molar refractivity (Wildman–Crippen MR) is 71.9 cm³/mol. The highest BCUT2D eigenvalue weighted by molar-refractivity contribution is 7.58. The Labute approximate surface area is 104 Å². The number of benzene rings is 1. The average Bonchev–Trinajstić information content (AvgIpc) is 2.34. The van der Waals surface area contributed by atoms with Crippen molar-refractivity contribution in [3.05, 3.63) is 23.8 Å². The van der Waals surface area contributed by atoms with Crippen LogP contribution in [0.4, 0.5) is 0 Å². The van der Waals surface area contributed by atoms with Gasteiger partial charge in [-0.3, -0.25) is 4.79 Å². The highest BCUT2D eigenvalue weighted by Crippen LogP contribution is 2.34. The molecule has 0 spiro atoms. The van der Waals surface area contributed by atoms with Crippen LogP contribution in [0.5, 0.6) is 11.5 Å². The molecule has 0 aliphatic heterocycles. The molecule has 0 N–H and O–H groups in total. The fourth-order valence-corrected chi connectivity index (χ4v) is 2.48. The molecule has 1 atom stereocenters. The van der Waals surface area contributed by atoms with Gasteiger partial charge in [-0.1, -0.05) is 19.9 Å². The van der Waals surface area contributed by atoms with E-state index in [2.05, 4.69) is 13.8 Å². The van der Waals surface area contributed by atoms with E-state index in [1.807, 2.05) is 6.07 Å². The fourth-order valence-electron chi connectivity index (χ4n) is 1.46. The molecular weight excluding hydrogens is 235 g/mol. The molecule has 0 aliphatic rings. The zero-order chi connectivity index (χ0) is 12.8. The van der Waals surface area contributed by atoms with Crippen molar-refractivity contribution in [3.63, 3.8) is 0 Å². The molecule has 0 saturated heterocycles. The van der Waals surface area contributed by atoms with Crippen molar-refractivity contribution in [3.8, 4) is 11.5 Å². The molecule has 0 saturated carbocycles. The van der Waals surface area contributed by atoms with E-state index in [-0.39, 0.29) is 14.1 Å². The normalized spacial score (nSPS) is 11.1. The maximum atomic E-state index is 12.2. The number of methoxy groups -OCH3 is 2. The van der Waals surface area contributed by atoms with Crippen LogP contribution in [0.25, 0.3) is 0 Å². The third-order valence-electron chi connectivity index (χ3n) is 2.33. The van der Waals surface area contributed by atoms with Gasteiger partial charge in [0.05, 0.1) is 14.2 Å². The lowest BCUT2D eigenvalue weighted by Gasteiger charge is -2.12. The average molecular weight is 254 g/mol.